The summed E-state index contributed by atoms with van der Waals surface area (Å²) in [5.41, 5.74) is 5.62. The second-order valence-corrected chi connectivity index (χ2v) is 5.82. The largest absolute Gasteiger partial charge is 0.436 e. The van der Waals surface area contributed by atoms with Crippen molar-refractivity contribution in [3.8, 4) is 11.5 Å². The van der Waals surface area contributed by atoms with E-state index in [0.29, 0.717) is 5.89 Å². The first-order valence-electron chi connectivity index (χ1n) is 7.34. The number of aromatic nitrogens is 4. The Balaban J connectivity index is 1.85. The summed E-state index contributed by atoms with van der Waals surface area (Å²) >= 11 is 0. The molecule has 110 valence electrons. The van der Waals surface area contributed by atoms with Crippen LogP contribution in [0.2, 0.25) is 0 Å². The fourth-order valence-electron chi connectivity index (χ4n) is 2.61. The molecule has 0 saturated heterocycles. The minimum atomic E-state index is 0.281. The van der Waals surface area contributed by atoms with E-state index in [4.69, 9.17) is 4.42 Å². The van der Waals surface area contributed by atoms with E-state index >= 15 is 0 Å². The van der Waals surface area contributed by atoms with Crippen molar-refractivity contribution >= 4 is 22.1 Å². The zero-order chi connectivity index (χ0) is 15.3. The van der Waals surface area contributed by atoms with Gasteiger partial charge in [0, 0.05) is 11.6 Å². The summed E-state index contributed by atoms with van der Waals surface area (Å²) in [7, 11) is 0. The zero-order valence-electron chi connectivity index (χ0n) is 12.7. The molecule has 0 radical (unpaired) electrons. The molecule has 5 heteroatoms. The minimum Gasteiger partial charge on any atom is -0.436 e. The molecule has 0 saturated carbocycles. The summed E-state index contributed by atoms with van der Waals surface area (Å²) in [6.07, 6.45) is 0. The molecule has 0 aliphatic rings. The van der Waals surface area contributed by atoms with Gasteiger partial charge < -0.3 is 4.42 Å². The molecule has 0 amide bonds. The van der Waals surface area contributed by atoms with Crippen LogP contribution < -0.4 is 0 Å². The second-order valence-electron chi connectivity index (χ2n) is 5.82. The maximum atomic E-state index is 5.87. The number of hydrogen-bond donors (Lipinski definition) is 0. The first kappa shape index (κ1) is 13.0. The molecule has 0 atom stereocenters. The van der Waals surface area contributed by atoms with Crippen LogP contribution in [0.5, 0.6) is 0 Å². The highest BCUT2D eigenvalue weighted by atomic mass is 16.3. The van der Waals surface area contributed by atoms with E-state index in [1.54, 1.807) is 0 Å². The van der Waals surface area contributed by atoms with Gasteiger partial charge in [0.25, 0.3) is 0 Å². The number of aryl methyl sites for hydroxylation is 1. The van der Waals surface area contributed by atoms with E-state index in [1.807, 2.05) is 48.0 Å². The number of nitrogens with zero attached hydrogens (tertiary/aromatic N) is 4. The van der Waals surface area contributed by atoms with Gasteiger partial charge in [0.05, 0.1) is 5.52 Å². The average molecular weight is 292 g/mol. The Bertz CT molecular complexity index is 981. The lowest BCUT2D eigenvalue weighted by Crippen LogP contribution is -2.02. The van der Waals surface area contributed by atoms with Crippen LogP contribution in [0, 0.1) is 6.92 Å². The maximum absolute atomic E-state index is 5.87. The Morgan fingerprint density at radius 3 is 2.73 bits per heavy atom. The topological polar surface area (TPSA) is 56.7 Å². The highest BCUT2D eigenvalue weighted by Gasteiger charge is 2.12. The van der Waals surface area contributed by atoms with Crippen molar-refractivity contribution in [3.63, 3.8) is 0 Å². The monoisotopic (exact) mass is 292 g/mol. The van der Waals surface area contributed by atoms with E-state index in [1.165, 1.54) is 0 Å². The Hall–Kier alpha value is -2.69. The van der Waals surface area contributed by atoms with E-state index in [9.17, 15) is 0 Å². The number of oxazole rings is 1. The van der Waals surface area contributed by atoms with Crippen LogP contribution in [-0.4, -0.2) is 20.0 Å². The van der Waals surface area contributed by atoms with Gasteiger partial charge in [-0.2, -0.15) is 0 Å². The van der Waals surface area contributed by atoms with Crippen molar-refractivity contribution in [2.75, 3.05) is 0 Å². The second kappa shape index (κ2) is 4.66. The number of rotatable bonds is 2. The third kappa shape index (κ3) is 1.97. The smallest absolute Gasteiger partial charge is 0.227 e. The van der Waals surface area contributed by atoms with Gasteiger partial charge in [-0.1, -0.05) is 11.3 Å². The van der Waals surface area contributed by atoms with Gasteiger partial charge in [0.2, 0.25) is 5.89 Å². The van der Waals surface area contributed by atoms with Crippen molar-refractivity contribution in [1.29, 1.82) is 0 Å². The molecule has 0 spiro atoms. The molecule has 0 aliphatic carbocycles. The van der Waals surface area contributed by atoms with Gasteiger partial charge >= 0.3 is 0 Å². The summed E-state index contributed by atoms with van der Waals surface area (Å²) < 4.78 is 7.78. The number of fused-ring (bicyclic) bond motifs is 2. The fourth-order valence-corrected chi connectivity index (χ4v) is 2.61. The van der Waals surface area contributed by atoms with Crippen LogP contribution >= 0.6 is 0 Å². The lowest BCUT2D eigenvalue weighted by Gasteiger charge is -2.04. The molecular weight excluding hydrogens is 276 g/mol. The molecule has 0 N–H and O–H groups in total. The van der Waals surface area contributed by atoms with Crippen molar-refractivity contribution in [2.45, 2.75) is 26.8 Å². The number of benzene rings is 2. The van der Waals surface area contributed by atoms with E-state index in [2.05, 4.69) is 29.1 Å². The third-order valence-corrected chi connectivity index (χ3v) is 3.75. The molecule has 4 rings (SSSR count). The predicted octanol–water partition coefficient (Wildman–Crippen LogP) is 4.13. The molecule has 0 fully saturated rings. The van der Waals surface area contributed by atoms with Gasteiger partial charge in [-0.15, -0.1) is 5.10 Å². The Morgan fingerprint density at radius 2 is 1.91 bits per heavy atom. The molecule has 5 nitrogen and oxygen atoms in total. The number of hydrogen-bond acceptors (Lipinski definition) is 4. The molecule has 4 aromatic rings. The first-order valence-corrected chi connectivity index (χ1v) is 7.34. The van der Waals surface area contributed by atoms with Crippen LogP contribution in [0.3, 0.4) is 0 Å². The Morgan fingerprint density at radius 1 is 1.05 bits per heavy atom. The van der Waals surface area contributed by atoms with E-state index in [0.717, 1.165) is 33.3 Å². The van der Waals surface area contributed by atoms with Crippen molar-refractivity contribution < 1.29 is 4.42 Å². The third-order valence-electron chi connectivity index (χ3n) is 3.75. The van der Waals surface area contributed by atoms with Crippen LogP contribution in [0.1, 0.15) is 25.5 Å². The molecule has 2 heterocycles. The molecule has 0 bridgehead atoms. The van der Waals surface area contributed by atoms with Crippen LogP contribution in [0.4, 0.5) is 0 Å². The standard InChI is InChI=1S/C17H16N4O/c1-10(2)21-15-7-5-12(9-14(15)19-20-21)17-18-13-6-4-11(3)8-16(13)22-17/h4-10H,1-3H3. The Kier molecular flexibility index (Phi) is 2.76. The normalized spacial score (nSPS) is 11.8. The van der Waals surface area contributed by atoms with Crippen molar-refractivity contribution in [1.82, 2.24) is 20.0 Å². The van der Waals surface area contributed by atoms with E-state index in [-0.39, 0.29) is 6.04 Å². The summed E-state index contributed by atoms with van der Waals surface area (Å²) in [6, 6.07) is 12.3. The van der Waals surface area contributed by atoms with Gasteiger partial charge in [0.1, 0.15) is 11.0 Å². The highest BCUT2D eigenvalue weighted by molar-refractivity contribution is 5.82. The molecule has 22 heavy (non-hydrogen) atoms. The van der Waals surface area contributed by atoms with Crippen molar-refractivity contribution in [2.24, 2.45) is 0 Å². The lowest BCUT2D eigenvalue weighted by atomic mass is 10.2. The first-order chi connectivity index (χ1) is 10.6. The zero-order valence-corrected chi connectivity index (χ0v) is 12.7. The molecule has 2 aromatic heterocycles. The molecule has 2 aromatic carbocycles. The summed E-state index contributed by atoms with van der Waals surface area (Å²) in [6.45, 7) is 6.22. The van der Waals surface area contributed by atoms with Crippen LogP contribution in [0.25, 0.3) is 33.6 Å². The highest BCUT2D eigenvalue weighted by Crippen LogP contribution is 2.27. The van der Waals surface area contributed by atoms with E-state index < -0.39 is 0 Å². The molecule has 0 unspecified atom stereocenters. The van der Waals surface area contributed by atoms with Crippen molar-refractivity contribution in [3.05, 3.63) is 42.0 Å². The lowest BCUT2D eigenvalue weighted by molar-refractivity contribution is 0.530. The van der Waals surface area contributed by atoms with Gasteiger partial charge in [0.15, 0.2) is 5.58 Å². The quantitative estimate of drug-likeness (QED) is 0.557. The maximum Gasteiger partial charge on any atom is 0.227 e. The van der Waals surface area contributed by atoms with Gasteiger partial charge in [-0.05, 0) is 56.7 Å². The van der Waals surface area contributed by atoms with Gasteiger partial charge in [-0.25, -0.2) is 9.67 Å². The molecule has 0 aliphatic heterocycles. The van der Waals surface area contributed by atoms with Gasteiger partial charge in [-0.3, -0.25) is 0 Å². The fraction of sp³-hybridized carbons (Fsp3) is 0.235. The van der Waals surface area contributed by atoms with Crippen LogP contribution in [-0.2, 0) is 0 Å². The summed E-state index contributed by atoms with van der Waals surface area (Å²) in [5.74, 6) is 0.613. The van der Waals surface area contributed by atoms with Crippen LogP contribution in [0.15, 0.2) is 40.8 Å². The Labute approximate surface area is 127 Å². The molecular formula is C17H16N4O. The average Bonchev–Trinajstić information content (AvgIpc) is 3.09. The SMILES string of the molecule is Cc1ccc2nc(-c3ccc4c(c3)nnn4C(C)C)oc2c1. The summed E-state index contributed by atoms with van der Waals surface area (Å²) in [4.78, 5) is 4.55. The predicted molar refractivity (Wildman–Crippen MR) is 85.7 cm³/mol. The minimum absolute atomic E-state index is 0.281. The summed E-state index contributed by atoms with van der Waals surface area (Å²) in [5, 5.41) is 8.44.